The van der Waals surface area contributed by atoms with Gasteiger partial charge in [-0.3, -0.25) is 9.69 Å². The molecule has 0 radical (unpaired) electrons. The summed E-state index contributed by atoms with van der Waals surface area (Å²) in [4.78, 5) is 17.5. The molecule has 1 heterocycles. The van der Waals surface area contributed by atoms with E-state index in [1.807, 2.05) is 19.1 Å². The predicted octanol–water partition coefficient (Wildman–Crippen LogP) is 3.20. The summed E-state index contributed by atoms with van der Waals surface area (Å²) in [6, 6.07) is 7.16. The number of rotatable bonds is 4. The predicted molar refractivity (Wildman–Crippen MR) is 124 cm³/mol. The van der Waals surface area contributed by atoms with Crippen LogP contribution in [0.3, 0.4) is 0 Å². The summed E-state index contributed by atoms with van der Waals surface area (Å²) in [6.45, 7) is 5.41. The van der Waals surface area contributed by atoms with Crippen LogP contribution in [-0.4, -0.2) is 55.1 Å². The quantitative estimate of drug-likeness (QED) is 0.723. The van der Waals surface area contributed by atoms with Gasteiger partial charge in [0.05, 0.1) is 6.04 Å². The van der Waals surface area contributed by atoms with Gasteiger partial charge in [0.25, 0.3) is 0 Å². The maximum atomic E-state index is 13.1. The molecule has 1 aromatic carbocycles. The Hall–Kier alpha value is -1.08. The third-order valence-corrected chi connectivity index (χ3v) is 7.12. The van der Waals surface area contributed by atoms with Crippen molar-refractivity contribution < 1.29 is 9.18 Å². The first kappa shape index (κ1) is 25.2. The van der Waals surface area contributed by atoms with E-state index in [0.717, 1.165) is 44.7 Å². The molecule has 0 aromatic heterocycles. The highest BCUT2D eigenvalue weighted by Crippen LogP contribution is 2.39. The van der Waals surface area contributed by atoms with Gasteiger partial charge in [-0.05, 0) is 68.7 Å². The molecule has 3 N–H and O–H groups in total. The van der Waals surface area contributed by atoms with Gasteiger partial charge in [-0.25, -0.2) is 4.39 Å². The van der Waals surface area contributed by atoms with Gasteiger partial charge >= 0.3 is 0 Å². The van der Waals surface area contributed by atoms with E-state index in [-0.39, 0.29) is 42.6 Å². The number of nitrogens with zero attached hydrogens (tertiary/aromatic N) is 2. The molecule has 0 spiro atoms. The number of hydrogen-bond donors (Lipinski definition) is 2. The summed E-state index contributed by atoms with van der Waals surface area (Å²) in [7, 11) is 0. The van der Waals surface area contributed by atoms with Crippen LogP contribution >= 0.6 is 24.8 Å². The standard InChI is InChI=1S/C22H33FN4O.2ClH/c1-15(22(28)25-21-16-3-2-4-17(21)14-19(24)13-16)26-9-11-27(12-10-26)20-7-5-18(23)6-8-20;;/h5-8,15-17,19,21H,2-4,9-14,24H2,1H3,(H,25,28);2*1H. The van der Waals surface area contributed by atoms with E-state index in [4.69, 9.17) is 5.73 Å². The van der Waals surface area contributed by atoms with Gasteiger partial charge in [-0.1, -0.05) is 6.42 Å². The molecule has 3 unspecified atom stereocenters. The molecule has 3 atom stereocenters. The van der Waals surface area contributed by atoms with Crippen molar-refractivity contribution in [1.29, 1.82) is 0 Å². The van der Waals surface area contributed by atoms with Crippen LogP contribution in [0.25, 0.3) is 0 Å². The summed E-state index contributed by atoms with van der Waals surface area (Å²) < 4.78 is 13.1. The molecule has 8 heteroatoms. The number of piperazine rings is 1. The van der Waals surface area contributed by atoms with Crippen molar-refractivity contribution in [2.24, 2.45) is 17.6 Å². The molecule has 1 aromatic rings. The van der Waals surface area contributed by atoms with Crippen LogP contribution in [0.4, 0.5) is 10.1 Å². The Labute approximate surface area is 191 Å². The molecule has 30 heavy (non-hydrogen) atoms. The van der Waals surface area contributed by atoms with Crippen molar-refractivity contribution in [3.05, 3.63) is 30.1 Å². The lowest BCUT2D eigenvalue weighted by Gasteiger charge is -2.46. The molecule has 170 valence electrons. The van der Waals surface area contributed by atoms with Gasteiger partial charge in [-0.15, -0.1) is 24.8 Å². The fourth-order valence-corrected chi connectivity index (χ4v) is 5.49. The van der Waals surface area contributed by atoms with E-state index in [9.17, 15) is 9.18 Å². The van der Waals surface area contributed by atoms with Crippen LogP contribution in [0.1, 0.15) is 39.0 Å². The van der Waals surface area contributed by atoms with Crippen molar-refractivity contribution in [2.45, 2.75) is 57.2 Å². The molecule has 5 nitrogen and oxygen atoms in total. The summed E-state index contributed by atoms with van der Waals surface area (Å²) in [5, 5.41) is 3.40. The molecular weight excluding hydrogens is 426 g/mol. The average molecular weight is 461 g/mol. The third-order valence-electron chi connectivity index (χ3n) is 7.12. The topological polar surface area (TPSA) is 61.6 Å². The zero-order valence-electron chi connectivity index (χ0n) is 17.6. The van der Waals surface area contributed by atoms with Crippen molar-refractivity contribution in [3.63, 3.8) is 0 Å². The fourth-order valence-electron chi connectivity index (χ4n) is 5.49. The number of carbonyl (C=O) groups is 1. The number of benzene rings is 1. The molecule has 2 aliphatic carbocycles. The molecule has 2 bridgehead atoms. The van der Waals surface area contributed by atoms with E-state index < -0.39 is 0 Å². The number of nitrogens with one attached hydrogen (secondary N) is 1. The Balaban J connectivity index is 0.00000160. The SMILES string of the molecule is CC(C(=O)NC1C2CCCC1CC(N)C2)N1CCN(c2ccc(F)cc2)CC1.Cl.Cl. The highest BCUT2D eigenvalue weighted by Gasteiger charge is 2.40. The van der Waals surface area contributed by atoms with Crippen molar-refractivity contribution >= 4 is 36.4 Å². The second kappa shape index (κ2) is 11.0. The summed E-state index contributed by atoms with van der Waals surface area (Å²) in [5.74, 6) is 1.05. The summed E-state index contributed by atoms with van der Waals surface area (Å²) >= 11 is 0. The van der Waals surface area contributed by atoms with Crippen molar-refractivity contribution in [2.75, 3.05) is 31.1 Å². The minimum absolute atomic E-state index is 0. The zero-order valence-corrected chi connectivity index (χ0v) is 19.3. The first-order valence-electron chi connectivity index (χ1n) is 10.8. The number of anilines is 1. The first-order chi connectivity index (χ1) is 13.5. The highest BCUT2D eigenvalue weighted by molar-refractivity contribution is 5.85. The van der Waals surface area contributed by atoms with Crippen LogP contribution < -0.4 is 16.0 Å². The molecule has 1 aliphatic heterocycles. The van der Waals surface area contributed by atoms with Gasteiger partial charge in [0.15, 0.2) is 0 Å². The minimum Gasteiger partial charge on any atom is -0.369 e. The second-order valence-corrected chi connectivity index (χ2v) is 8.89. The maximum Gasteiger partial charge on any atom is 0.237 e. The molecule has 1 amide bonds. The Morgan fingerprint density at radius 3 is 2.20 bits per heavy atom. The van der Waals surface area contributed by atoms with E-state index in [0.29, 0.717) is 23.9 Å². The van der Waals surface area contributed by atoms with E-state index in [2.05, 4.69) is 15.1 Å². The largest absolute Gasteiger partial charge is 0.369 e. The number of halogens is 3. The van der Waals surface area contributed by atoms with Crippen LogP contribution in [-0.2, 0) is 4.79 Å². The normalized spacial score (nSPS) is 29.9. The second-order valence-electron chi connectivity index (χ2n) is 8.89. The molecule has 1 saturated heterocycles. The van der Waals surface area contributed by atoms with Crippen LogP contribution in [0, 0.1) is 17.7 Å². The molecular formula is C22H35Cl2FN4O. The number of fused-ring (bicyclic) bond motifs is 2. The number of nitrogens with two attached hydrogens (primary N) is 1. The highest BCUT2D eigenvalue weighted by atomic mass is 35.5. The van der Waals surface area contributed by atoms with Crippen molar-refractivity contribution in [1.82, 2.24) is 10.2 Å². The average Bonchev–Trinajstić information content (AvgIpc) is 2.69. The van der Waals surface area contributed by atoms with Crippen LogP contribution in [0.5, 0.6) is 0 Å². The number of amides is 1. The molecule has 3 aliphatic rings. The van der Waals surface area contributed by atoms with E-state index in [1.54, 1.807) is 0 Å². The van der Waals surface area contributed by atoms with E-state index in [1.165, 1.54) is 31.4 Å². The molecule has 2 saturated carbocycles. The Morgan fingerprint density at radius 2 is 1.63 bits per heavy atom. The van der Waals surface area contributed by atoms with Crippen molar-refractivity contribution in [3.8, 4) is 0 Å². The maximum absolute atomic E-state index is 13.1. The van der Waals surface area contributed by atoms with E-state index >= 15 is 0 Å². The van der Waals surface area contributed by atoms with Gasteiger partial charge in [0, 0.05) is 44.0 Å². The molecule has 4 rings (SSSR count). The summed E-state index contributed by atoms with van der Waals surface area (Å²) in [6.07, 6.45) is 5.76. The Bertz CT molecular complexity index is 670. The minimum atomic E-state index is -0.207. The lowest BCUT2D eigenvalue weighted by molar-refractivity contribution is -0.128. The number of carbonyl (C=O) groups excluding carboxylic acids is 1. The fraction of sp³-hybridized carbons (Fsp3) is 0.682. The van der Waals surface area contributed by atoms with Gasteiger partial charge in [-0.2, -0.15) is 0 Å². The van der Waals surface area contributed by atoms with Gasteiger partial charge in [0.1, 0.15) is 5.82 Å². The van der Waals surface area contributed by atoms with Crippen LogP contribution in [0.2, 0.25) is 0 Å². The van der Waals surface area contributed by atoms with Gasteiger partial charge < -0.3 is 16.0 Å². The lowest BCUT2D eigenvalue weighted by Crippen LogP contribution is -2.59. The van der Waals surface area contributed by atoms with Crippen LogP contribution in [0.15, 0.2) is 24.3 Å². The number of hydrogen-bond acceptors (Lipinski definition) is 4. The first-order valence-corrected chi connectivity index (χ1v) is 10.8. The van der Waals surface area contributed by atoms with Gasteiger partial charge in [0.2, 0.25) is 5.91 Å². The molecule has 3 fully saturated rings. The lowest BCUT2D eigenvalue weighted by atomic mass is 9.67. The smallest absolute Gasteiger partial charge is 0.237 e. The Morgan fingerprint density at radius 1 is 1.07 bits per heavy atom. The zero-order chi connectivity index (χ0) is 19.7. The summed E-state index contributed by atoms with van der Waals surface area (Å²) in [5.41, 5.74) is 7.26. The Kier molecular flexibility index (Phi) is 9.22. The third kappa shape index (κ3) is 5.58. The monoisotopic (exact) mass is 460 g/mol.